The fourth-order valence-electron chi connectivity index (χ4n) is 4.79. The van der Waals surface area contributed by atoms with Gasteiger partial charge in [-0.25, -0.2) is 0 Å². The van der Waals surface area contributed by atoms with Crippen LogP contribution in [0.15, 0.2) is 0 Å². The van der Waals surface area contributed by atoms with Crippen LogP contribution in [-0.2, 0) is 0 Å². The third kappa shape index (κ3) is 19.6. The number of rotatable bonds is 18. The van der Waals surface area contributed by atoms with Gasteiger partial charge in [0.2, 0.25) is 0 Å². The minimum absolute atomic E-state index is 0. The summed E-state index contributed by atoms with van der Waals surface area (Å²) in [5, 5.41) is 0. The number of unbranched alkanes of at least 4 members (excludes halogenated alkanes) is 14. The first-order valence-electron chi connectivity index (χ1n) is 12.9. The highest BCUT2D eigenvalue weighted by Crippen LogP contribution is 2.28. The quantitative estimate of drug-likeness (QED) is 0.221. The van der Waals surface area contributed by atoms with Crippen LogP contribution in [0.3, 0.4) is 0 Å². The maximum atomic E-state index is 6.02. The first-order chi connectivity index (χ1) is 13.1. The molecule has 0 aromatic rings. The van der Waals surface area contributed by atoms with E-state index >= 15 is 0 Å². The second-order valence-corrected chi connectivity index (χ2v) is 10.3. The van der Waals surface area contributed by atoms with Gasteiger partial charge in [0.1, 0.15) is 0 Å². The van der Waals surface area contributed by atoms with Gasteiger partial charge in [0.25, 0.3) is 0 Å². The molecule has 0 unspecified atom stereocenters. The maximum absolute atomic E-state index is 6.02. The lowest BCUT2D eigenvalue weighted by Gasteiger charge is -2.21. The molecule has 0 saturated heterocycles. The van der Waals surface area contributed by atoms with E-state index in [1.165, 1.54) is 141 Å². The molecule has 1 saturated carbocycles. The molecule has 0 bridgehead atoms. The second kappa shape index (κ2) is 19.2. The Morgan fingerprint density at radius 2 is 0.929 bits per heavy atom. The molecule has 0 spiro atoms. The molecule has 1 fully saturated rings. The van der Waals surface area contributed by atoms with Crippen molar-refractivity contribution in [1.82, 2.24) is 0 Å². The van der Waals surface area contributed by atoms with Crippen LogP contribution >= 0.6 is 12.4 Å². The van der Waals surface area contributed by atoms with Crippen molar-refractivity contribution in [2.75, 3.05) is 0 Å². The van der Waals surface area contributed by atoms with Crippen molar-refractivity contribution in [3.63, 3.8) is 0 Å². The molecule has 170 valence electrons. The van der Waals surface area contributed by atoms with Crippen LogP contribution in [0.4, 0.5) is 0 Å². The van der Waals surface area contributed by atoms with E-state index in [4.69, 9.17) is 5.73 Å². The molecule has 28 heavy (non-hydrogen) atoms. The summed E-state index contributed by atoms with van der Waals surface area (Å²) in [4.78, 5) is 0. The molecule has 2 heteroatoms. The first-order valence-corrected chi connectivity index (χ1v) is 12.9. The van der Waals surface area contributed by atoms with Gasteiger partial charge >= 0.3 is 0 Å². The van der Waals surface area contributed by atoms with Crippen LogP contribution in [0.2, 0.25) is 0 Å². The van der Waals surface area contributed by atoms with E-state index in [2.05, 4.69) is 13.8 Å². The third-order valence-electron chi connectivity index (χ3n) is 6.66. The molecule has 2 N–H and O–H groups in total. The van der Waals surface area contributed by atoms with E-state index in [0.717, 1.165) is 5.92 Å². The van der Waals surface area contributed by atoms with Crippen molar-refractivity contribution in [3.8, 4) is 0 Å². The summed E-state index contributed by atoms with van der Waals surface area (Å²) in [6.45, 7) is 4.29. The van der Waals surface area contributed by atoms with Gasteiger partial charge < -0.3 is 5.73 Å². The SMILES string of the molecule is CC(C)(N)CCCCCCCCCCCCCCCCCC1CCCCC1.Cl. The second-order valence-electron chi connectivity index (χ2n) is 10.3. The Hall–Kier alpha value is 0.250. The molecule has 0 aliphatic heterocycles. The van der Waals surface area contributed by atoms with Crippen molar-refractivity contribution in [3.05, 3.63) is 0 Å². The summed E-state index contributed by atoms with van der Waals surface area (Å²) >= 11 is 0. The number of halogens is 1. The normalized spacial score (nSPS) is 15.5. The Kier molecular flexibility index (Phi) is 19.4. The molecule has 0 aromatic heterocycles. The Balaban J connectivity index is 0.00000729. The summed E-state index contributed by atoms with van der Waals surface area (Å²) in [7, 11) is 0. The molecule has 0 aromatic carbocycles. The van der Waals surface area contributed by atoms with Crippen LogP contribution in [-0.4, -0.2) is 5.54 Å². The molecule has 0 atom stereocenters. The highest BCUT2D eigenvalue weighted by molar-refractivity contribution is 5.85. The lowest BCUT2D eigenvalue weighted by Crippen LogP contribution is -2.31. The molecular formula is C26H54ClN. The zero-order valence-corrected chi connectivity index (χ0v) is 20.4. The predicted molar refractivity (Wildman–Crippen MR) is 131 cm³/mol. The fraction of sp³-hybridized carbons (Fsp3) is 1.00. The van der Waals surface area contributed by atoms with E-state index in [-0.39, 0.29) is 17.9 Å². The van der Waals surface area contributed by atoms with Crippen LogP contribution in [0, 0.1) is 5.92 Å². The zero-order chi connectivity index (χ0) is 19.6. The average Bonchev–Trinajstić information content (AvgIpc) is 2.64. The predicted octanol–water partition coefficient (Wildman–Crippen LogP) is 9.36. The lowest BCUT2D eigenvalue weighted by molar-refractivity contribution is 0.328. The van der Waals surface area contributed by atoms with Gasteiger partial charge in [0, 0.05) is 5.54 Å². The van der Waals surface area contributed by atoms with Crippen molar-refractivity contribution < 1.29 is 0 Å². The van der Waals surface area contributed by atoms with E-state index < -0.39 is 0 Å². The Morgan fingerprint density at radius 1 is 0.571 bits per heavy atom. The summed E-state index contributed by atoms with van der Waals surface area (Å²) in [6, 6.07) is 0. The monoisotopic (exact) mass is 415 g/mol. The summed E-state index contributed by atoms with van der Waals surface area (Å²) in [5.41, 5.74) is 6.06. The van der Waals surface area contributed by atoms with Gasteiger partial charge in [-0.2, -0.15) is 0 Å². The number of nitrogens with two attached hydrogens (primary N) is 1. The van der Waals surface area contributed by atoms with Gasteiger partial charge in [0.05, 0.1) is 0 Å². The molecule has 1 aliphatic carbocycles. The van der Waals surface area contributed by atoms with E-state index in [1.807, 2.05) is 0 Å². The Morgan fingerprint density at radius 3 is 1.32 bits per heavy atom. The van der Waals surface area contributed by atoms with Crippen molar-refractivity contribution in [2.24, 2.45) is 11.7 Å². The third-order valence-corrected chi connectivity index (χ3v) is 6.66. The van der Waals surface area contributed by atoms with Gasteiger partial charge in [-0.3, -0.25) is 0 Å². The van der Waals surface area contributed by atoms with Crippen molar-refractivity contribution >= 4 is 12.4 Å². The molecule has 1 aliphatic rings. The standard InChI is InChI=1S/C26H53N.ClH/c1-26(2,27)24-20-15-13-11-9-7-5-3-4-6-8-10-12-14-17-21-25-22-18-16-19-23-25;/h25H,3-24,27H2,1-2H3;1H. The molecule has 1 nitrogen and oxygen atoms in total. The van der Waals surface area contributed by atoms with Crippen LogP contribution in [0.1, 0.15) is 155 Å². The summed E-state index contributed by atoms with van der Waals surface area (Å²) < 4.78 is 0. The Labute approximate surface area is 184 Å². The lowest BCUT2D eigenvalue weighted by atomic mass is 9.85. The summed E-state index contributed by atoms with van der Waals surface area (Å²) in [6.07, 6.45) is 32.1. The minimum Gasteiger partial charge on any atom is -0.326 e. The van der Waals surface area contributed by atoms with Gasteiger partial charge in [-0.15, -0.1) is 12.4 Å². The van der Waals surface area contributed by atoms with Crippen molar-refractivity contribution in [1.29, 1.82) is 0 Å². The maximum Gasteiger partial charge on any atom is 0.00970 e. The summed E-state index contributed by atoms with van der Waals surface area (Å²) in [5.74, 6) is 1.09. The average molecular weight is 416 g/mol. The first kappa shape index (κ1) is 28.2. The zero-order valence-electron chi connectivity index (χ0n) is 19.6. The van der Waals surface area contributed by atoms with Gasteiger partial charge in [0.15, 0.2) is 0 Å². The van der Waals surface area contributed by atoms with E-state index in [1.54, 1.807) is 0 Å². The van der Waals surface area contributed by atoms with E-state index in [0.29, 0.717) is 0 Å². The molecule has 0 heterocycles. The Bertz CT molecular complexity index is 304. The van der Waals surface area contributed by atoms with Crippen LogP contribution in [0.25, 0.3) is 0 Å². The highest BCUT2D eigenvalue weighted by atomic mass is 35.5. The number of hydrogen-bond donors (Lipinski definition) is 1. The van der Waals surface area contributed by atoms with Crippen LogP contribution in [0.5, 0.6) is 0 Å². The minimum atomic E-state index is 0. The number of hydrogen-bond acceptors (Lipinski definition) is 1. The van der Waals surface area contributed by atoms with E-state index in [9.17, 15) is 0 Å². The van der Waals surface area contributed by atoms with Gasteiger partial charge in [-0.1, -0.05) is 135 Å². The van der Waals surface area contributed by atoms with Gasteiger partial charge in [-0.05, 0) is 26.2 Å². The smallest absolute Gasteiger partial charge is 0.00970 e. The molecular weight excluding hydrogens is 362 g/mol. The molecule has 0 amide bonds. The largest absolute Gasteiger partial charge is 0.326 e. The topological polar surface area (TPSA) is 26.0 Å². The van der Waals surface area contributed by atoms with Crippen LogP contribution < -0.4 is 5.73 Å². The molecule has 0 radical (unpaired) electrons. The fourth-order valence-corrected chi connectivity index (χ4v) is 4.79. The highest BCUT2D eigenvalue weighted by Gasteiger charge is 2.12. The molecule has 1 rings (SSSR count). The van der Waals surface area contributed by atoms with Crippen molar-refractivity contribution in [2.45, 2.75) is 161 Å².